The fourth-order valence-electron chi connectivity index (χ4n) is 1.93. The van der Waals surface area contributed by atoms with Gasteiger partial charge in [0.25, 0.3) is 6.43 Å². The molecule has 0 atom stereocenters. The van der Waals surface area contributed by atoms with Crippen LogP contribution >= 0.6 is 11.6 Å². The molecule has 2 rings (SSSR count). The van der Waals surface area contributed by atoms with Gasteiger partial charge in [0.1, 0.15) is 11.5 Å². The second kappa shape index (κ2) is 4.51. The number of aromatic hydroxyl groups is 1. The summed E-state index contributed by atoms with van der Waals surface area (Å²) in [6.45, 7) is 5.73. The Kier molecular flexibility index (Phi) is 3.42. The summed E-state index contributed by atoms with van der Waals surface area (Å²) in [6.07, 6.45) is -1.89. The van der Waals surface area contributed by atoms with Crippen molar-refractivity contribution in [2.24, 2.45) is 0 Å². The first-order chi connectivity index (χ1) is 8.66. The molecule has 0 saturated heterocycles. The third-order valence-corrected chi connectivity index (χ3v) is 3.56. The Morgan fingerprint density at radius 1 is 1.32 bits per heavy atom. The highest BCUT2D eigenvalue weighted by Gasteiger charge is 2.54. The SMILES string of the molecule is CC(C)(C)c1cc(O)cc(Cl)c1OC1(C(F)F)CC1. The normalized spacial score (nSPS) is 17.6. The van der Waals surface area contributed by atoms with Gasteiger partial charge in [-0.3, -0.25) is 0 Å². The van der Waals surface area contributed by atoms with E-state index in [1.54, 1.807) is 0 Å². The second-order valence-electron chi connectivity index (χ2n) is 6.02. The van der Waals surface area contributed by atoms with Crippen LogP contribution in [0.4, 0.5) is 8.78 Å². The van der Waals surface area contributed by atoms with Gasteiger partial charge in [0.15, 0.2) is 5.60 Å². The van der Waals surface area contributed by atoms with E-state index >= 15 is 0 Å². The van der Waals surface area contributed by atoms with E-state index in [4.69, 9.17) is 16.3 Å². The van der Waals surface area contributed by atoms with E-state index in [2.05, 4.69) is 0 Å². The van der Waals surface area contributed by atoms with Crippen molar-refractivity contribution < 1.29 is 18.6 Å². The van der Waals surface area contributed by atoms with Crippen molar-refractivity contribution in [2.45, 2.75) is 51.1 Å². The van der Waals surface area contributed by atoms with E-state index in [0.29, 0.717) is 18.4 Å². The summed E-state index contributed by atoms with van der Waals surface area (Å²) < 4.78 is 31.5. The predicted molar refractivity (Wildman–Crippen MR) is 70.4 cm³/mol. The monoisotopic (exact) mass is 290 g/mol. The van der Waals surface area contributed by atoms with E-state index < -0.39 is 12.0 Å². The van der Waals surface area contributed by atoms with Crippen molar-refractivity contribution in [1.29, 1.82) is 0 Å². The molecule has 0 spiro atoms. The van der Waals surface area contributed by atoms with Crippen LogP contribution in [0.2, 0.25) is 5.02 Å². The van der Waals surface area contributed by atoms with Gasteiger partial charge in [-0.25, -0.2) is 8.78 Å². The van der Waals surface area contributed by atoms with E-state index in [1.807, 2.05) is 20.8 Å². The zero-order chi connectivity index (χ0) is 14.4. The molecule has 0 aliphatic heterocycles. The summed E-state index contributed by atoms with van der Waals surface area (Å²) >= 11 is 6.05. The molecule has 0 heterocycles. The van der Waals surface area contributed by atoms with Crippen molar-refractivity contribution >= 4 is 11.6 Å². The van der Waals surface area contributed by atoms with Gasteiger partial charge in [-0.15, -0.1) is 0 Å². The average Bonchev–Trinajstić information content (AvgIpc) is 3.01. The number of phenols is 1. The van der Waals surface area contributed by atoms with Crippen LogP contribution in [0.25, 0.3) is 0 Å². The number of hydrogen-bond acceptors (Lipinski definition) is 2. The maximum Gasteiger partial charge on any atom is 0.277 e. The van der Waals surface area contributed by atoms with Gasteiger partial charge in [0, 0.05) is 11.6 Å². The molecule has 1 aliphatic carbocycles. The third-order valence-electron chi connectivity index (χ3n) is 3.28. The highest BCUT2D eigenvalue weighted by molar-refractivity contribution is 6.32. The van der Waals surface area contributed by atoms with Crippen LogP contribution in [0.3, 0.4) is 0 Å². The van der Waals surface area contributed by atoms with Gasteiger partial charge in [-0.1, -0.05) is 32.4 Å². The minimum Gasteiger partial charge on any atom is -0.508 e. The molecular formula is C14H17ClF2O2. The molecule has 1 aromatic carbocycles. The Morgan fingerprint density at radius 3 is 2.32 bits per heavy atom. The molecule has 0 bridgehead atoms. The number of benzene rings is 1. The Bertz CT molecular complexity index is 491. The molecule has 0 unspecified atom stereocenters. The zero-order valence-electron chi connectivity index (χ0n) is 11.1. The first kappa shape index (κ1) is 14.4. The summed E-state index contributed by atoms with van der Waals surface area (Å²) in [5.74, 6) is 0.258. The molecule has 19 heavy (non-hydrogen) atoms. The lowest BCUT2D eigenvalue weighted by molar-refractivity contribution is -0.00783. The third kappa shape index (κ3) is 2.78. The first-order valence-corrected chi connectivity index (χ1v) is 6.54. The number of alkyl halides is 2. The molecule has 0 aromatic heterocycles. The average molecular weight is 291 g/mol. The largest absolute Gasteiger partial charge is 0.508 e. The summed E-state index contributed by atoms with van der Waals surface area (Å²) in [5, 5.41) is 9.78. The van der Waals surface area contributed by atoms with Crippen LogP contribution in [0.1, 0.15) is 39.2 Å². The highest BCUT2D eigenvalue weighted by Crippen LogP contribution is 2.49. The standard InChI is InChI=1S/C14H17ClF2O2/c1-13(2,3)9-6-8(18)7-10(15)11(9)19-14(4-5-14)12(16)17/h6-7,12,18H,4-5H2,1-3H3. The van der Waals surface area contributed by atoms with Gasteiger partial charge in [-0.05, 0) is 24.3 Å². The van der Waals surface area contributed by atoms with Gasteiger partial charge >= 0.3 is 0 Å². The summed E-state index contributed by atoms with van der Waals surface area (Å²) in [6, 6.07) is 2.83. The maximum atomic E-state index is 13.0. The minimum absolute atomic E-state index is 0.00386. The van der Waals surface area contributed by atoms with E-state index in [9.17, 15) is 13.9 Å². The lowest BCUT2D eigenvalue weighted by Gasteiger charge is -2.27. The summed E-state index contributed by atoms with van der Waals surface area (Å²) in [4.78, 5) is 0. The number of halogens is 3. The lowest BCUT2D eigenvalue weighted by atomic mass is 9.86. The number of rotatable bonds is 3. The Labute approximate surface area is 116 Å². The maximum absolute atomic E-state index is 13.0. The Hall–Kier alpha value is -1.03. The molecule has 1 fully saturated rings. The summed E-state index contributed by atoms with van der Waals surface area (Å²) in [7, 11) is 0. The highest BCUT2D eigenvalue weighted by atomic mass is 35.5. The van der Waals surface area contributed by atoms with Crippen LogP contribution < -0.4 is 4.74 Å². The molecule has 1 aromatic rings. The van der Waals surface area contributed by atoms with Crippen molar-refractivity contribution in [3.05, 3.63) is 22.7 Å². The molecule has 5 heteroatoms. The van der Waals surface area contributed by atoms with Crippen molar-refractivity contribution in [1.82, 2.24) is 0 Å². The van der Waals surface area contributed by atoms with Crippen molar-refractivity contribution in [3.63, 3.8) is 0 Å². The number of ether oxygens (including phenoxy) is 1. The quantitative estimate of drug-likeness (QED) is 0.887. The number of phenolic OH excluding ortho intramolecular Hbond substituents is 1. The Balaban J connectivity index is 2.45. The van der Waals surface area contributed by atoms with Crippen LogP contribution in [-0.4, -0.2) is 17.1 Å². The molecule has 1 saturated carbocycles. The van der Waals surface area contributed by atoms with E-state index in [-0.39, 0.29) is 21.9 Å². The Morgan fingerprint density at radius 2 is 1.89 bits per heavy atom. The van der Waals surface area contributed by atoms with Crippen LogP contribution in [-0.2, 0) is 5.41 Å². The molecule has 0 amide bonds. The smallest absolute Gasteiger partial charge is 0.277 e. The molecular weight excluding hydrogens is 274 g/mol. The van der Waals surface area contributed by atoms with Gasteiger partial charge < -0.3 is 9.84 Å². The molecule has 2 nitrogen and oxygen atoms in total. The fourth-order valence-corrected chi connectivity index (χ4v) is 2.18. The van der Waals surface area contributed by atoms with Gasteiger partial charge in [0.2, 0.25) is 0 Å². The molecule has 106 valence electrons. The topological polar surface area (TPSA) is 29.5 Å². The van der Waals surface area contributed by atoms with Crippen LogP contribution in [0.5, 0.6) is 11.5 Å². The summed E-state index contributed by atoms with van der Waals surface area (Å²) in [5.41, 5.74) is -1.14. The van der Waals surface area contributed by atoms with E-state index in [1.165, 1.54) is 12.1 Å². The molecule has 0 radical (unpaired) electrons. The molecule has 1 aliphatic rings. The first-order valence-electron chi connectivity index (χ1n) is 6.16. The molecule has 1 N–H and O–H groups in total. The predicted octanol–water partition coefficient (Wildman–Crippen LogP) is 4.52. The lowest BCUT2D eigenvalue weighted by Crippen LogP contribution is -2.29. The minimum atomic E-state index is -2.54. The zero-order valence-corrected chi connectivity index (χ0v) is 11.9. The second-order valence-corrected chi connectivity index (χ2v) is 6.43. The van der Waals surface area contributed by atoms with Crippen molar-refractivity contribution in [2.75, 3.05) is 0 Å². The fraction of sp³-hybridized carbons (Fsp3) is 0.571. The van der Waals surface area contributed by atoms with Crippen molar-refractivity contribution in [3.8, 4) is 11.5 Å². The van der Waals surface area contributed by atoms with E-state index in [0.717, 1.165) is 0 Å². The number of hydrogen-bond donors (Lipinski definition) is 1. The van der Waals surface area contributed by atoms with Gasteiger partial charge in [0.05, 0.1) is 5.02 Å². The van der Waals surface area contributed by atoms with Crippen LogP contribution in [0.15, 0.2) is 12.1 Å². The van der Waals surface area contributed by atoms with Gasteiger partial charge in [-0.2, -0.15) is 0 Å². The van der Waals surface area contributed by atoms with Crippen LogP contribution in [0, 0.1) is 0 Å².